The van der Waals surface area contributed by atoms with Gasteiger partial charge >= 0.3 is 0 Å². The minimum absolute atomic E-state index is 0.279. The first-order valence-corrected chi connectivity index (χ1v) is 7.70. The van der Waals surface area contributed by atoms with Gasteiger partial charge in [0.05, 0.1) is 0 Å². The summed E-state index contributed by atoms with van der Waals surface area (Å²) in [7, 11) is 0. The van der Waals surface area contributed by atoms with E-state index in [-0.39, 0.29) is 11.8 Å². The predicted octanol–water partition coefficient (Wildman–Crippen LogP) is 3.29. The Morgan fingerprint density at radius 1 is 0.720 bits per heavy atom. The lowest BCUT2D eigenvalue weighted by molar-refractivity contribution is 0.101. The van der Waals surface area contributed by atoms with Crippen molar-refractivity contribution in [2.45, 2.75) is 6.92 Å². The normalized spacial score (nSPS) is 10.1. The highest BCUT2D eigenvalue weighted by molar-refractivity contribution is 6.05. The standard InChI is InChI=1S/C19H16N4O2/c1-13-20-16(22-18(24)14-8-4-2-5-9-14)12-17(21-13)23-19(25)15-10-6-3-7-11-15/h2-12H,1H3,(H2,20,21,22,23,24,25). The van der Waals surface area contributed by atoms with Crippen molar-refractivity contribution in [2.75, 3.05) is 10.6 Å². The highest BCUT2D eigenvalue weighted by atomic mass is 16.2. The molecule has 124 valence electrons. The molecule has 1 heterocycles. The van der Waals surface area contributed by atoms with Crippen LogP contribution in [0.1, 0.15) is 26.5 Å². The molecule has 2 amide bonds. The summed E-state index contributed by atoms with van der Waals surface area (Å²) in [5.74, 6) is 0.529. The second kappa shape index (κ2) is 7.35. The lowest BCUT2D eigenvalue weighted by Crippen LogP contribution is -2.16. The number of hydrogen-bond acceptors (Lipinski definition) is 4. The van der Waals surface area contributed by atoms with Gasteiger partial charge in [0.1, 0.15) is 17.5 Å². The van der Waals surface area contributed by atoms with E-state index >= 15 is 0 Å². The van der Waals surface area contributed by atoms with E-state index in [1.165, 1.54) is 6.07 Å². The monoisotopic (exact) mass is 332 g/mol. The molecule has 0 bridgehead atoms. The van der Waals surface area contributed by atoms with E-state index in [1.54, 1.807) is 55.5 Å². The van der Waals surface area contributed by atoms with Crippen LogP contribution in [0.5, 0.6) is 0 Å². The Labute approximate surface area is 145 Å². The number of rotatable bonds is 4. The van der Waals surface area contributed by atoms with Crippen LogP contribution in [0.15, 0.2) is 66.7 Å². The molecule has 1 aromatic heterocycles. The lowest BCUT2D eigenvalue weighted by atomic mass is 10.2. The number of amides is 2. The third-order valence-electron chi connectivity index (χ3n) is 3.39. The molecule has 6 heteroatoms. The fourth-order valence-electron chi connectivity index (χ4n) is 2.25. The van der Waals surface area contributed by atoms with Gasteiger partial charge in [0.25, 0.3) is 11.8 Å². The van der Waals surface area contributed by atoms with Crippen LogP contribution in [0.2, 0.25) is 0 Å². The Kier molecular flexibility index (Phi) is 4.80. The molecule has 0 saturated heterocycles. The number of nitrogens with zero attached hydrogens (tertiary/aromatic N) is 2. The van der Waals surface area contributed by atoms with Crippen LogP contribution in [0, 0.1) is 6.92 Å². The molecule has 0 aliphatic rings. The van der Waals surface area contributed by atoms with Gasteiger partial charge in [-0.3, -0.25) is 9.59 Å². The van der Waals surface area contributed by atoms with Crippen LogP contribution in [0.4, 0.5) is 11.6 Å². The minimum Gasteiger partial charge on any atom is -0.306 e. The fraction of sp³-hybridized carbons (Fsp3) is 0.0526. The third kappa shape index (κ3) is 4.26. The summed E-state index contributed by atoms with van der Waals surface area (Å²) >= 11 is 0. The molecule has 2 N–H and O–H groups in total. The molecular formula is C19H16N4O2. The molecule has 0 unspecified atom stereocenters. The first-order valence-electron chi connectivity index (χ1n) is 7.70. The van der Waals surface area contributed by atoms with Crippen LogP contribution in [0.3, 0.4) is 0 Å². The number of aryl methyl sites for hydroxylation is 1. The van der Waals surface area contributed by atoms with E-state index in [4.69, 9.17) is 0 Å². The van der Waals surface area contributed by atoms with E-state index in [2.05, 4.69) is 20.6 Å². The molecular weight excluding hydrogens is 316 g/mol. The molecule has 0 saturated carbocycles. The fourth-order valence-corrected chi connectivity index (χ4v) is 2.25. The molecule has 6 nitrogen and oxygen atoms in total. The Balaban J connectivity index is 1.76. The predicted molar refractivity (Wildman–Crippen MR) is 95.6 cm³/mol. The highest BCUT2D eigenvalue weighted by Gasteiger charge is 2.11. The summed E-state index contributed by atoms with van der Waals surface area (Å²) in [5, 5.41) is 5.42. The zero-order valence-electron chi connectivity index (χ0n) is 13.6. The van der Waals surface area contributed by atoms with E-state index in [9.17, 15) is 9.59 Å². The second-order valence-electron chi connectivity index (χ2n) is 5.33. The second-order valence-corrected chi connectivity index (χ2v) is 5.33. The van der Waals surface area contributed by atoms with Gasteiger partial charge < -0.3 is 10.6 Å². The molecule has 25 heavy (non-hydrogen) atoms. The minimum atomic E-state index is -0.279. The number of benzene rings is 2. The van der Waals surface area contributed by atoms with Crippen LogP contribution >= 0.6 is 0 Å². The van der Waals surface area contributed by atoms with Gasteiger partial charge in [0, 0.05) is 17.2 Å². The molecule has 0 radical (unpaired) electrons. The number of aromatic nitrogens is 2. The van der Waals surface area contributed by atoms with Gasteiger partial charge in [-0.05, 0) is 31.2 Å². The van der Waals surface area contributed by atoms with Crippen LogP contribution in [0.25, 0.3) is 0 Å². The molecule has 0 atom stereocenters. The zero-order chi connectivity index (χ0) is 17.6. The SMILES string of the molecule is Cc1nc(NC(=O)c2ccccc2)cc(NC(=O)c2ccccc2)n1. The smallest absolute Gasteiger partial charge is 0.256 e. The van der Waals surface area contributed by atoms with Crippen molar-refractivity contribution < 1.29 is 9.59 Å². The number of hydrogen-bond donors (Lipinski definition) is 2. The van der Waals surface area contributed by atoms with Crippen LogP contribution in [-0.4, -0.2) is 21.8 Å². The summed E-state index contributed by atoms with van der Waals surface area (Å²) in [6.45, 7) is 1.69. The van der Waals surface area contributed by atoms with Crippen molar-refractivity contribution in [3.63, 3.8) is 0 Å². The molecule has 0 spiro atoms. The van der Waals surface area contributed by atoms with Crippen molar-refractivity contribution in [3.8, 4) is 0 Å². The van der Waals surface area contributed by atoms with Crippen molar-refractivity contribution in [2.24, 2.45) is 0 Å². The van der Waals surface area contributed by atoms with Crippen LogP contribution in [-0.2, 0) is 0 Å². The summed E-state index contributed by atoms with van der Waals surface area (Å²) in [5.41, 5.74) is 1.04. The topological polar surface area (TPSA) is 84.0 Å². The largest absolute Gasteiger partial charge is 0.306 e. The van der Waals surface area contributed by atoms with Gasteiger partial charge in [-0.15, -0.1) is 0 Å². The molecule has 3 rings (SSSR count). The molecule has 0 fully saturated rings. The third-order valence-corrected chi connectivity index (χ3v) is 3.39. The Hall–Kier alpha value is -3.54. The molecule has 0 aliphatic heterocycles. The van der Waals surface area contributed by atoms with Crippen molar-refractivity contribution in [1.82, 2.24) is 9.97 Å². The van der Waals surface area contributed by atoms with Gasteiger partial charge in [-0.25, -0.2) is 9.97 Å². The maximum absolute atomic E-state index is 12.2. The Morgan fingerprint density at radius 3 is 1.52 bits per heavy atom. The van der Waals surface area contributed by atoms with Crippen molar-refractivity contribution >= 4 is 23.5 Å². The first kappa shape index (κ1) is 16.3. The lowest BCUT2D eigenvalue weighted by Gasteiger charge is -2.09. The summed E-state index contributed by atoms with van der Waals surface area (Å²) < 4.78 is 0. The summed E-state index contributed by atoms with van der Waals surface area (Å²) in [6, 6.07) is 19.2. The maximum Gasteiger partial charge on any atom is 0.256 e. The van der Waals surface area contributed by atoms with Gasteiger partial charge in [-0.2, -0.15) is 0 Å². The van der Waals surface area contributed by atoms with Gasteiger partial charge in [0.15, 0.2) is 0 Å². The molecule has 0 aliphatic carbocycles. The maximum atomic E-state index is 12.2. The highest BCUT2D eigenvalue weighted by Crippen LogP contribution is 2.14. The zero-order valence-corrected chi connectivity index (χ0v) is 13.6. The van der Waals surface area contributed by atoms with Gasteiger partial charge in [0.2, 0.25) is 0 Å². The number of nitrogens with one attached hydrogen (secondary N) is 2. The van der Waals surface area contributed by atoms with Crippen LogP contribution < -0.4 is 10.6 Å². The summed E-state index contributed by atoms with van der Waals surface area (Å²) in [4.78, 5) is 32.8. The quantitative estimate of drug-likeness (QED) is 0.768. The summed E-state index contributed by atoms with van der Waals surface area (Å²) in [6.07, 6.45) is 0. The van der Waals surface area contributed by atoms with E-state index in [0.29, 0.717) is 28.6 Å². The number of carbonyl (C=O) groups is 2. The van der Waals surface area contributed by atoms with E-state index < -0.39 is 0 Å². The first-order chi connectivity index (χ1) is 12.1. The van der Waals surface area contributed by atoms with E-state index in [0.717, 1.165) is 0 Å². The number of carbonyl (C=O) groups excluding carboxylic acids is 2. The van der Waals surface area contributed by atoms with Crippen molar-refractivity contribution in [3.05, 3.63) is 83.7 Å². The number of anilines is 2. The molecule has 3 aromatic rings. The van der Waals surface area contributed by atoms with E-state index in [1.807, 2.05) is 12.1 Å². The Bertz CT molecular complexity index is 824. The average molecular weight is 332 g/mol. The molecule has 2 aromatic carbocycles. The van der Waals surface area contributed by atoms with Gasteiger partial charge in [-0.1, -0.05) is 36.4 Å². The van der Waals surface area contributed by atoms with Crippen molar-refractivity contribution in [1.29, 1.82) is 0 Å². The average Bonchev–Trinajstić information content (AvgIpc) is 2.62. The Morgan fingerprint density at radius 2 is 1.12 bits per heavy atom.